The van der Waals surface area contributed by atoms with E-state index in [1.165, 1.54) is 6.08 Å². The molecule has 0 saturated carbocycles. The zero-order valence-corrected chi connectivity index (χ0v) is 13.1. The average Bonchev–Trinajstić information content (AvgIpc) is 2.81. The summed E-state index contributed by atoms with van der Waals surface area (Å²) in [5.41, 5.74) is 1.69. The molecule has 20 heavy (non-hydrogen) atoms. The molecule has 0 amide bonds. The van der Waals surface area contributed by atoms with E-state index in [4.69, 9.17) is 9.84 Å². The maximum Gasteiger partial charge on any atom is 0.328 e. The number of rotatable bonds is 5. The molecular formula is C14H12BrNO3S. The molecule has 0 spiro atoms. The van der Waals surface area contributed by atoms with Gasteiger partial charge in [0, 0.05) is 11.5 Å². The first-order valence-corrected chi connectivity index (χ1v) is 7.46. The maximum absolute atomic E-state index is 10.5. The van der Waals surface area contributed by atoms with Gasteiger partial charge in [0.15, 0.2) is 0 Å². The maximum atomic E-state index is 10.5. The number of thiazole rings is 1. The highest BCUT2D eigenvalue weighted by Gasteiger charge is 2.04. The van der Waals surface area contributed by atoms with Gasteiger partial charge in [0.05, 0.1) is 15.2 Å². The van der Waals surface area contributed by atoms with Gasteiger partial charge < -0.3 is 9.84 Å². The number of benzene rings is 1. The van der Waals surface area contributed by atoms with Crippen LogP contribution in [-0.4, -0.2) is 16.1 Å². The van der Waals surface area contributed by atoms with E-state index < -0.39 is 5.97 Å². The fourth-order valence-electron chi connectivity index (χ4n) is 1.53. The van der Waals surface area contributed by atoms with E-state index in [1.807, 2.05) is 12.3 Å². The third kappa shape index (κ3) is 4.18. The Kier molecular flexibility index (Phi) is 4.92. The fraction of sp³-hybridized carbons (Fsp3) is 0.143. The standard InChI is InChI=1S/C14H12BrNO3S/c1-9-16-11(8-20-9)7-19-13-4-2-10(6-12(13)15)3-5-14(17)18/h2-6,8H,7H2,1H3,(H,17,18). The second kappa shape index (κ2) is 6.67. The highest BCUT2D eigenvalue weighted by molar-refractivity contribution is 9.10. The lowest BCUT2D eigenvalue weighted by atomic mass is 10.2. The lowest BCUT2D eigenvalue weighted by molar-refractivity contribution is -0.131. The van der Waals surface area contributed by atoms with Crippen molar-refractivity contribution in [3.8, 4) is 5.75 Å². The van der Waals surface area contributed by atoms with Crippen molar-refractivity contribution in [2.45, 2.75) is 13.5 Å². The van der Waals surface area contributed by atoms with Gasteiger partial charge in [0.25, 0.3) is 0 Å². The van der Waals surface area contributed by atoms with Crippen molar-refractivity contribution < 1.29 is 14.6 Å². The lowest BCUT2D eigenvalue weighted by Crippen LogP contribution is -1.96. The van der Waals surface area contributed by atoms with Gasteiger partial charge in [-0.25, -0.2) is 9.78 Å². The highest BCUT2D eigenvalue weighted by Crippen LogP contribution is 2.27. The number of hydrogen-bond acceptors (Lipinski definition) is 4. The minimum Gasteiger partial charge on any atom is -0.486 e. The molecule has 0 fully saturated rings. The molecule has 0 aliphatic heterocycles. The van der Waals surface area contributed by atoms with Crippen LogP contribution in [0, 0.1) is 6.92 Å². The normalized spacial score (nSPS) is 10.9. The Morgan fingerprint density at radius 2 is 2.35 bits per heavy atom. The Balaban J connectivity index is 2.04. The summed E-state index contributed by atoms with van der Waals surface area (Å²) in [6.45, 7) is 2.36. The smallest absolute Gasteiger partial charge is 0.328 e. The molecule has 6 heteroatoms. The molecule has 104 valence electrons. The second-order valence-electron chi connectivity index (χ2n) is 4.01. The first-order chi connectivity index (χ1) is 9.54. The predicted octanol–water partition coefficient (Wildman–Crippen LogP) is 3.89. The summed E-state index contributed by atoms with van der Waals surface area (Å²) in [6.07, 6.45) is 2.63. The summed E-state index contributed by atoms with van der Waals surface area (Å²) >= 11 is 5.00. The lowest BCUT2D eigenvalue weighted by Gasteiger charge is -2.07. The van der Waals surface area contributed by atoms with E-state index in [2.05, 4.69) is 20.9 Å². The largest absolute Gasteiger partial charge is 0.486 e. The van der Waals surface area contributed by atoms with Crippen LogP contribution in [0.3, 0.4) is 0 Å². The topological polar surface area (TPSA) is 59.4 Å². The van der Waals surface area contributed by atoms with Crippen molar-refractivity contribution in [1.82, 2.24) is 4.98 Å². The monoisotopic (exact) mass is 353 g/mol. The van der Waals surface area contributed by atoms with Crippen molar-refractivity contribution >= 4 is 39.3 Å². The summed E-state index contributed by atoms with van der Waals surface area (Å²) in [7, 11) is 0. The van der Waals surface area contributed by atoms with Crippen molar-refractivity contribution in [2.24, 2.45) is 0 Å². The van der Waals surface area contributed by atoms with Gasteiger partial charge >= 0.3 is 5.97 Å². The zero-order chi connectivity index (χ0) is 14.5. The van der Waals surface area contributed by atoms with Crippen LogP contribution in [0.4, 0.5) is 0 Å². The molecule has 0 unspecified atom stereocenters. The second-order valence-corrected chi connectivity index (χ2v) is 5.92. The van der Waals surface area contributed by atoms with Crippen LogP contribution < -0.4 is 4.74 Å². The molecule has 2 aromatic rings. The number of carboxylic acids is 1. The van der Waals surface area contributed by atoms with Gasteiger partial charge in [-0.05, 0) is 46.6 Å². The summed E-state index contributed by atoms with van der Waals surface area (Å²) in [6, 6.07) is 5.40. The first-order valence-electron chi connectivity index (χ1n) is 5.79. The number of carbonyl (C=O) groups is 1. The molecule has 1 aromatic carbocycles. The number of aryl methyl sites for hydroxylation is 1. The van der Waals surface area contributed by atoms with Crippen molar-refractivity contribution in [3.63, 3.8) is 0 Å². The minimum absolute atomic E-state index is 0.410. The molecular weight excluding hydrogens is 342 g/mol. The van der Waals surface area contributed by atoms with Gasteiger partial charge in [0.2, 0.25) is 0 Å². The highest BCUT2D eigenvalue weighted by atomic mass is 79.9. The SMILES string of the molecule is Cc1nc(COc2ccc(C=CC(=O)O)cc2Br)cs1. The van der Waals surface area contributed by atoms with Crippen LogP contribution in [0.15, 0.2) is 34.1 Å². The van der Waals surface area contributed by atoms with Crippen LogP contribution in [0.1, 0.15) is 16.3 Å². The Hall–Kier alpha value is -1.66. The molecule has 1 N–H and O–H groups in total. The van der Waals surface area contributed by atoms with E-state index in [0.717, 1.165) is 26.8 Å². The quantitative estimate of drug-likeness (QED) is 0.828. The van der Waals surface area contributed by atoms with Crippen molar-refractivity contribution in [2.75, 3.05) is 0 Å². The molecule has 0 aliphatic rings. The van der Waals surface area contributed by atoms with Gasteiger partial charge in [0.1, 0.15) is 12.4 Å². The van der Waals surface area contributed by atoms with Crippen LogP contribution in [0.5, 0.6) is 5.75 Å². The van der Waals surface area contributed by atoms with Crippen LogP contribution in [0.2, 0.25) is 0 Å². The van der Waals surface area contributed by atoms with Crippen LogP contribution in [-0.2, 0) is 11.4 Å². The number of ether oxygens (including phenoxy) is 1. The van der Waals surface area contributed by atoms with E-state index in [9.17, 15) is 4.79 Å². The molecule has 0 radical (unpaired) electrons. The number of carboxylic acid groups (broad SMARTS) is 1. The van der Waals surface area contributed by atoms with Gasteiger partial charge in [-0.1, -0.05) is 6.07 Å². The van der Waals surface area contributed by atoms with Gasteiger partial charge in [-0.3, -0.25) is 0 Å². The molecule has 2 rings (SSSR count). The molecule has 1 aromatic heterocycles. The predicted molar refractivity (Wildman–Crippen MR) is 82.0 cm³/mol. The average molecular weight is 354 g/mol. The van der Waals surface area contributed by atoms with E-state index in [0.29, 0.717) is 12.4 Å². The van der Waals surface area contributed by atoms with Crippen molar-refractivity contribution in [1.29, 1.82) is 0 Å². The first kappa shape index (κ1) is 14.7. The fourth-order valence-corrected chi connectivity index (χ4v) is 2.64. The van der Waals surface area contributed by atoms with E-state index >= 15 is 0 Å². The summed E-state index contributed by atoms with van der Waals surface area (Å²) in [5.74, 6) is -0.275. The summed E-state index contributed by atoms with van der Waals surface area (Å²) in [5, 5.41) is 11.6. The number of nitrogens with zero attached hydrogens (tertiary/aromatic N) is 1. The zero-order valence-electron chi connectivity index (χ0n) is 10.7. The minimum atomic E-state index is -0.972. The molecule has 0 bridgehead atoms. The number of aromatic nitrogens is 1. The summed E-state index contributed by atoms with van der Waals surface area (Å²) < 4.78 is 6.45. The van der Waals surface area contributed by atoms with Crippen molar-refractivity contribution in [3.05, 3.63) is 50.4 Å². The van der Waals surface area contributed by atoms with E-state index in [1.54, 1.807) is 29.5 Å². The molecule has 0 aliphatic carbocycles. The molecule has 0 atom stereocenters. The Morgan fingerprint density at radius 1 is 1.55 bits per heavy atom. The third-order valence-electron chi connectivity index (χ3n) is 2.42. The molecule has 4 nitrogen and oxygen atoms in total. The van der Waals surface area contributed by atoms with Crippen LogP contribution >= 0.6 is 27.3 Å². The molecule has 0 saturated heterocycles. The Morgan fingerprint density at radius 3 is 2.95 bits per heavy atom. The summed E-state index contributed by atoms with van der Waals surface area (Å²) in [4.78, 5) is 14.8. The van der Waals surface area contributed by atoms with E-state index in [-0.39, 0.29) is 0 Å². The van der Waals surface area contributed by atoms with Gasteiger partial charge in [-0.15, -0.1) is 11.3 Å². The third-order valence-corrected chi connectivity index (χ3v) is 3.86. The number of halogens is 1. The molecule has 1 heterocycles. The Bertz CT molecular complexity index is 652. The van der Waals surface area contributed by atoms with Gasteiger partial charge in [-0.2, -0.15) is 0 Å². The number of hydrogen-bond donors (Lipinski definition) is 1. The Labute approximate surface area is 128 Å². The number of aliphatic carboxylic acids is 1. The van der Waals surface area contributed by atoms with Crippen LogP contribution in [0.25, 0.3) is 6.08 Å².